The predicted molar refractivity (Wildman–Crippen MR) is 54.5 cm³/mol. The van der Waals surface area contributed by atoms with Gasteiger partial charge in [0.05, 0.1) is 14.2 Å². The normalized spacial score (nSPS) is 9.77. The van der Waals surface area contributed by atoms with E-state index in [2.05, 4.69) is 4.72 Å². The van der Waals surface area contributed by atoms with E-state index < -0.39 is 0 Å². The van der Waals surface area contributed by atoms with Crippen LogP contribution in [0.15, 0.2) is 23.1 Å². The van der Waals surface area contributed by atoms with Crippen LogP contribution in [0.2, 0.25) is 0 Å². The van der Waals surface area contributed by atoms with Crippen molar-refractivity contribution >= 4 is 11.9 Å². The summed E-state index contributed by atoms with van der Waals surface area (Å²) in [5.41, 5.74) is 0. The third-order valence-corrected chi connectivity index (χ3v) is 2.27. The van der Waals surface area contributed by atoms with Crippen molar-refractivity contribution < 1.29 is 9.47 Å². The van der Waals surface area contributed by atoms with Crippen LogP contribution < -0.4 is 14.2 Å². The molecule has 0 aromatic heterocycles. The van der Waals surface area contributed by atoms with E-state index in [1.807, 2.05) is 25.2 Å². The molecule has 4 heteroatoms. The van der Waals surface area contributed by atoms with Gasteiger partial charge in [0.15, 0.2) is 11.5 Å². The molecule has 1 aromatic carbocycles. The molecular formula is C9H13NO2S. The predicted octanol–water partition coefficient (Wildman–Crippen LogP) is 1.93. The van der Waals surface area contributed by atoms with E-state index >= 15 is 0 Å². The quantitative estimate of drug-likeness (QED) is 0.751. The second-order valence-corrected chi connectivity index (χ2v) is 3.41. The maximum absolute atomic E-state index is 5.16. The first kappa shape index (κ1) is 10.2. The summed E-state index contributed by atoms with van der Waals surface area (Å²) >= 11 is 1.54. The Labute approximate surface area is 82.6 Å². The number of methoxy groups -OCH3 is 2. The number of hydrogen-bond donors (Lipinski definition) is 1. The van der Waals surface area contributed by atoms with Crippen LogP contribution in [0.3, 0.4) is 0 Å². The van der Waals surface area contributed by atoms with Crippen molar-refractivity contribution in [2.24, 2.45) is 0 Å². The number of hydrogen-bond acceptors (Lipinski definition) is 4. The lowest BCUT2D eigenvalue weighted by Gasteiger charge is -2.08. The average Bonchev–Trinajstić information content (AvgIpc) is 2.18. The molecule has 0 spiro atoms. The highest BCUT2D eigenvalue weighted by atomic mass is 32.2. The van der Waals surface area contributed by atoms with Crippen LogP contribution >= 0.6 is 11.9 Å². The minimum absolute atomic E-state index is 0.753. The van der Waals surface area contributed by atoms with Crippen molar-refractivity contribution in [3.05, 3.63) is 18.2 Å². The molecule has 0 radical (unpaired) electrons. The van der Waals surface area contributed by atoms with Gasteiger partial charge in [-0.05, 0) is 37.2 Å². The van der Waals surface area contributed by atoms with Gasteiger partial charge < -0.3 is 9.47 Å². The molecule has 13 heavy (non-hydrogen) atoms. The summed E-state index contributed by atoms with van der Waals surface area (Å²) in [7, 11) is 5.13. The van der Waals surface area contributed by atoms with E-state index in [1.165, 1.54) is 11.9 Å². The molecule has 1 N–H and O–H groups in total. The maximum atomic E-state index is 5.16. The maximum Gasteiger partial charge on any atom is 0.161 e. The molecule has 1 aromatic rings. The molecule has 0 heterocycles. The summed E-state index contributed by atoms with van der Waals surface area (Å²) in [5.74, 6) is 1.51. The number of nitrogens with one attached hydrogen (secondary N) is 1. The van der Waals surface area contributed by atoms with Gasteiger partial charge >= 0.3 is 0 Å². The third kappa shape index (κ3) is 2.54. The van der Waals surface area contributed by atoms with Gasteiger partial charge in [-0.15, -0.1) is 0 Å². The van der Waals surface area contributed by atoms with Crippen molar-refractivity contribution in [1.82, 2.24) is 4.72 Å². The van der Waals surface area contributed by atoms with E-state index in [4.69, 9.17) is 9.47 Å². The fourth-order valence-electron chi connectivity index (χ4n) is 0.998. The molecule has 0 aliphatic carbocycles. The molecule has 0 bridgehead atoms. The van der Waals surface area contributed by atoms with Gasteiger partial charge in [0, 0.05) is 4.90 Å². The Morgan fingerprint density at radius 1 is 1.15 bits per heavy atom. The SMILES string of the molecule is CNSc1ccc(OC)c(OC)c1. The lowest BCUT2D eigenvalue weighted by atomic mass is 10.3. The van der Waals surface area contributed by atoms with Gasteiger partial charge in [0.2, 0.25) is 0 Å². The van der Waals surface area contributed by atoms with Crippen molar-refractivity contribution in [1.29, 1.82) is 0 Å². The smallest absolute Gasteiger partial charge is 0.161 e. The Morgan fingerprint density at radius 2 is 1.85 bits per heavy atom. The molecule has 3 nitrogen and oxygen atoms in total. The first-order valence-electron chi connectivity index (χ1n) is 3.87. The highest BCUT2D eigenvalue weighted by Gasteiger charge is 2.03. The fourth-order valence-corrected chi connectivity index (χ4v) is 1.54. The van der Waals surface area contributed by atoms with Crippen molar-refractivity contribution in [3.63, 3.8) is 0 Å². The Bertz CT molecular complexity index is 278. The first-order valence-corrected chi connectivity index (χ1v) is 4.69. The van der Waals surface area contributed by atoms with Crippen LogP contribution in [0.1, 0.15) is 0 Å². The molecule has 1 rings (SSSR count). The third-order valence-electron chi connectivity index (χ3n) is 1.57. The van der Waals surface area contributed by atoms with Gasteiger partial charge in [-0.25, -0.2) is 0 Å². The van der Waals surface area contributed by atoms with Gasteiger partial charge in [-0.1, -0.05) is 0 Å². The summed E-state index contributed by atoms with van der Waals surface area (Å²) in [6, 6.07) is 5.79. The molecule has 0 atom stereocenters. The van der Waals surface area contributed by atoms with E-state index in [-0.39, 0.29) is 0 Å². The van der Waals surface area contributed by atoms with Crippen LogP contribution in [0.4, 0.5) is 0 Å². The summed E-state index contributed by atoms with van der Waals surface area (Å²) in [4.78, 5) is 1.10. The van der Waals surface area contributed by atoms with Crippen molar-refractivity contribution in [3.8, 4) is 11.5 Å². The van der Waals surface area contributed by atoms with Crippen LogP contribution in [-0.2, 0) is 0 Å². The highest BCUT2D eigenvalue weighted by molar-refractivity contribution is 7.97. The Kier molecular flexibility index (Phi) is 3.92. The van der Waals surface area contributed by atoms with Crippen LogP contribution in [0, 0.1) is 0 Å². The first-order chi connectivity index (χ1) is 6.31. The van der Waals surface area contributed by atoms with Crippen LogP contribution in [0.25, 0.3) is 0 Å². The van der Waals surface area contributed by atoms with Gasteiger partial charge in [-0.3, -0.25) is 4.72 Å². The zero-order valence-corrected chi connectivity index (χ0v) is 8.77. The molecule has 0 unspecified atom stereocenters. The molecule has 0 fully saturated rings. The van der Waals surface area contributed by atoms with E-state index in [0.29, 0.717) is 0 Å². The number of ether oxygens (including phenoxy) is 2. The van der Waals surface area contributed by atoms with Crippen LogP contribution in [-0.4, -0.2) is 21.3 Å². The van der Waals surface area contributed by atoms with E-state index in [0.717, 1.165) is 16.4 Å². The minimum Gasteiger partial charge on any atom is -0.493 e. The second-order valence-electron chi connectivity index (χ2n) is 2.32. The van der Waals surface area contributed by atoms with E-state index in [9.17, 15) is 0 Å². The topological polar surface area (TPSA) is 30.5 Å². The lowest BCUT2D eigenvalue weighted by molar-refractivity contribution is 0.354. The van der Waals surface area contributed by atoms with Crippen LogP contribution in [0.5, 0.6) is 11.5 Å². The molecule has 0 saturated heterocycles. The Morgan fingerprint density at radius 3 is 2.38 bits per heavy atom. The van der Waals surface area contributed by atoms with E-state index in [1.54, 1.807) is 14.2 Å². The molecule has 0 aliphatic heterocycles. The van der Waals surface area contributed by atoms with Crippen molar-refractivity contribution in [2.75, 3.05) is 21.3 Å². The minimum atomic E-state index is 0.753. The molecule has 0 amide bonds. The monoisotopic (exact) mass is 199 g/mol. The molecular weight excluding hydrogens is 186 g/mol. The second kappa shape index (κ2) is 4.99. The summed E-state index contributed by atoms with van der Waals surface area (Å²) in [5, 5.41) is 0. The molecule has 72 valence electrons. The summed E-state index contributed by atoms with van der Waals surface area (Å²) in [6.07, 6.45) is 0. The van der Waals surface area contributed by atoms with Gasteiger partial charge in [0.1, 0.15) is 0 Å². The summed E-state index contributed by atoms with van der Waals surface area (Å²) in [6.45, 7) is 0. The zero-order valence-electron chi connectivity index (χ0n) is 7.96. The fraction of sp³-hybridized carbons (Fsp3) is 0.333. The zero-order chi connectivity index (χ0) is 9.68. The lowest BCUT2D eigenvalue weighted by Crippen LogP contribution is -1.93. The Hall–Kier alpha value is -0.870. The largest absolute Gasteiger partial charge is 0.493 e. The molecule has 0 aliphatic rings. The number of rotatable bonds is 4. The number of benzene rings is 1. The standard InChI is InChI=1S/C9H13NO2S/c1-10-13-7-4-5-8(11-2)9(6-7)12-3/h4-6,10H,1-3H3. The van der Waals surface area contributed by atoms with Crippen molar-refractivity contribution in [2.45, 2.75) is 4.90 Å². The summed E-state index contributed by atoms with van der Waals surface area (Å²) < 4.78 is 13.3. The highest BCUT2D eigenvalue weighted by Crippen LogP contribution is 2.30. The Balaban J connectivity index is 2.91. The average molecular weight is 199 g/mol. The molecule has 0 saturated carbocycles. The van der Waals surface area contributed by atoms with Gasteiger partial charge in [-0.2, -0.15) is 0 Å². The van der Waals surface area contributed by atoms with Gasteiger partial charge in [0.25, 0.3) is 0 Å².